The molecule has 0 heterocycles. The average Bonchev–Trinajstić information content (AvgIpc) is 2.44. The van der Waals surface area contributed by atoms with E-state index in [1.54, 1.807) is 0 Å². The van der Waals surface area contributed by atoms with Gasteiger partial charge in [-0.05, 0) is 26.2 Å². The molecule has 0 radical (unpaired) electrons. The highest BCUT2D eigenvalue weighted by molar-refractivity contribution is 4.68. The molecule has 0 aliphatic carbocycles. The molecule has 0 aromatic rings. The number of aliphatic hydroxyl groups excluding tert-OH is 3. The second-order valence-electron chi connectivity index (χ2n) is 4.77. The molecule has 0 saturated heterocycles. The van der Waals surface area contributed by atoms with Gasteiger partial charge in [-0.2, -0.15) is 0 Å². The fourth-order valence-corrected chi connectivity index (χ4v) is 1.83. The Labute approximate surface area is 165 Å². The van der Waals surface area contributed by atoms with Crippen molar-refractivity contribution in [2.45, 2.75) is 96.0 Å². The van der Waals surface area contributed by atoms with Crippen LogP contribution in [0.5, 0.6) is 0 Å². The van der Waals surface area contributed by atoms with Gasteiger partial charge in [-0.15, -0.1) is 0 Å². The van der Waals surface area contributed by atoms with Gasteiger partial charge in [0.2, 0.25) is 0 Å². The zero-order valence-electron chi connectivity index (χ0n) is 12.7. The minimum atomic E-state index is -0.390. The minimum Gasteiger partial charge on any atom is -0.394 e. The van der Waals surface area contributed by atoms with E-state index in [4.69, 9.17) is 24.4 Å². The van der Waals surface area contributed by atoms with Crippen LogP contribution in [0.15, 0.2) is 0 Å². The van der Waals surface area contributed by atoms with Gasteiger partial charge < -0.3 is 29.5 Å². The van der Waals surface area contributed by atoms with Crippen LogP contribution in [0.4, 0.5) is 0 Å². The molecule has 3 unspecified atom stereocenters. The van der Waals surface area contributed by atoms with Gasteiger partial charge in [0, 0.05) is 0 Å². The Balaban J connectivity index is -0.000000120. The largest absolute Gasteiger partial charge is 0.394 e. The first-order valence-electron chi connectivity index (χ1n) is 7.34. The molecule has 0 aliphatic heterocycles. The molecule has 0 saturated carbocycles. The van der Waals surface area contributed by atoms with Crippen molar-refractivity contribution in [2.24, 2.45) is 0 Å². The van der Waals surface area contributed by atoms with Crippen LogP contribution in [0.2, 0.25) is 0 Å². The van der Waals surface area contributed by atoms with Gasteiger partial charge in [0.1, 0.15) is 0 Å². The van der Waals surface area contributed by atoms with Gasteiger partial charge in [-0.25, -0.2) is 0 Å². The summed E-state index contributed by atoms with van der Waals surface area (Å²) in [6.45, 7) is 5.36. The van der Waals surface area contributed by atoms with Crippen molar-refractivity contribution in [1.29, 1.82) is 0 Å². The second kappa shape index (κ2) is 32.4. The molecule has 26 heavy (non-hydrogen) atoms. The Morgan fingerprint density at radius 2 is 1.27 bits per heavy atom. The van der Waals surface area contributed by atoms with Gasteiger partial charge in [0.15, 0.2) is 0 Å². The third-order valence-corrected chi connectivity index (χ3v) is 2.91. The maximum Gasteiger partial charge on any atom is 0.0704 e. The van der Waals surface area contributed by atoms with Crippen LogP contribution in [-0.2, 0) is 14.2 Å². The zero-order chi connectivity index (χ0) is 15.2. The van der Waals surface area contributed by atoms with Gasteiger partial charge in [0.05, 0.1) is 58.0 Å². The first-order chi connectivity index (χ1) is 9.63. The highest BCUT2D eigenvalue weighted by Crippen LogP contribution is 2.13. The molecule has 0 fully saturated rings. The molecule has 3 N–H and O–H groups in total. The summed E-state index contributed by atoms with van der Waals surface area (Å²) in [4.78, 5) is 0. The Hall–Kier alpha value is -0.240. The van der Waals surface area contributed by atoms with Crippen molar-refractivity contribution in [3.8, 4) is 0 Å². The van der Waals surface area contributed by atoms with Crippen molar-refractivity contribution < 1.29 is 29.5 Å². The maximum atomic E-state index is 9.69. The van der Waals surface area contributed by atoms with Crippen molar-refractivity contribution >= 4 is 0 Å². The van der Waals surface area contributed by atoms with Crippen LogP contribution in [0.3, 0.4) is 0 Å². The zero-order valence-corrected chi connectivity index (χ0v) is 12.7. The predicted octanol–water partition coefficient (Wildman–Crippen LogP) is 4.15. The van der Waals surface area contributed by atoms with E-state index in [0.717, 1.165) is 0 Å². The highest BCUT2D eigenvalue weighted by Gasteiger charge is 2.17. The van der Waals surface area contributed by atoms with E-state index >= 15 is 0 Å². The van der Waals surface area contributed by atoms with Crippen LogP contribution in [0, 0.1) is 0 Å². The minimum absolute atomic E-state index is 0. The molecule has 0 aromatic heterocycles. The van der Waals surface area contributed by atoms with Gasteiger partial charge in [0.25, 0.3) is 0 Å². The molecule has 0 bridgehead atoms. The lowest BCUT2D eigenvalue weighted by Gasteiger charge is -2.23. The van der Waals surface area contributed by atoms with Crippen LogP contribution in [-0.4, -0.2) is 73.3 Å². The smallest absolute Gasteiger partial charge is 0.0704 e. The van der Waals surface area contributed by atoms with Crippen molar-refractivity contribution in [1.82, 2.24) is 0 Å². The van der Waals surface area contributed by atoms with E-state index in [1.807, 2.05) is 13.8 Å². The van der Waals surface area contributed by atoms with Crippen LogP contribution in [0.25, 0.3) is 0 Å². The van der Waals surface area contributed by atoms with Crippen molar-refractivity contribution in [3.05, 3.63) is 0 Å². The lowest BCUT2D eigenvalue weighted by atomic mass is 10.0. The summed E-state index contributed by atoms with van der Waals surface area (Å²) >= 11 is 0. The summed E-state index contributed by atoms with van der Waals surface area (Å²) in [5.74, 6) is 0. The summed E-state index contributed by atoms with van der Waals surface area (Å²) in [6.07, 6.45) is 1.37. The number of ether oxygens (including phenoxy) is 3. The van der Waals surface area contributed by atoms with E-state index in [0.29, 0.717) is 39.1 Å². The SMILES string of the molecule is C.C.C.C.C.C.CCC(O)CC(CC(C)OCCOCCO)OCCO. The number of hydrogen-bond donors (Lipinski definition) is 3. The molecule has 0 aliphatic rings. The Kier molecular flexibility index (Phi) is 56.0. The average molecular weight is 391 g/mol. The first-order valence-corrected chi connectivity index (χ1v) is 7.34. The summed E-state index contributed by atoms with van der Waals surface area (Å²) in [5.41, 5.74) is 0. The normalized spacial score (nSPS) is 12.3. The second-order valence-corrected chi connectivity index (χ2v) is 4.77. The monoisotopic (exact) mass is 390 g/mol. The van der Waals surface area contributed by atoms with Crippen molar-refractivity contribution in [3.63, 3.8) is 0 Å². The van der Waals surface area contributed by atoms with Crippen LogP contribution < -0.4 is 0 Å². The standard InChI is InChI=1S/C14H30O6.6CH4/c1-3-13(17)11-14(20-7-5-16)10-12(2)19-9-8-18-6-4-15;;;;;;/h12-17H,3-11H2,1-2H3;6*1H4. The molecule has 0 aromatic carbocycles. The lowest BCUT2D eigenvalue weighted by Crippen LogP contribution is -2.27. The van der Waals surface area contributed by atoms with E-state index in [-0.39, 0.29) is 76.6 Å². The summed E-state index contributed by atoms with van der Waals surface area (Å²) in [5, 5.41) is 27.1. The van der Waals surface area contributed by atoms with E-state index in [1.165, 1.54) is 0 Å². The molecule has 0 rings (SSSR count). The van der Waals surface area contributed by atoms with Crippen LogP contribution in [0.1, 0.15) is 77.7 Å². The summed E-state index contributed by atoms with van der Waals surface area (Å²) in [7, 11) is 0. The molecule has 0 amide bonds. The molecule has 6 nitrogen and oxygen atoms in total. The maximum absolute atomic E-state index is 9.69. The van der Waals surface area contributed by atoms with E-state index in [2.05, 4.69) is 0 Å². The predicted molar refractivity (Wildman–Crippen MR) is 116 cm³/mol. The van der Waals surface area contributed by atoms with Crippen LogP contribution >= 0.6 is 0 Å². The third kappa shape index (κ3) is 28.6. The van der Waals surface area contributed by atoms with E-state index < -0.39 is 6.10 Å². The Morgan fingerprint density at radius 3 is 1.73 bits per heavy atom. The fourth-order valence-electron chi connectivity index (χ4n) is 1.83. The Bertz CT molecular complexity index is 205. The number of aliphatic hydroxyl groups is 3. The van der Waals surface area contributed by atoms with E-state index in [9.17, 15) is 5.11 Å². The topological polar surface area (TPSA) is 88.4 Å². The third-order valence-electron chi connectivity index (χ3n) is 2.91. The summed E-state index contributed by atoms with van der Waals surface area (Å²) in [6, 6.07) is 0. The molecule has 6 heteroatoms. The van der Waals surface area contributed by atoms with Gasteiger partial charge in [-0.1, -0.05) is 51.5 Å². The number of hydrogen-bond acceptors (Lipinski definition) is 6. The molecular formula is C20H54O6. The van der Waals surface area contributed by atoms with Gasteiger partial charge >= 0.3 is 0 Å². The first kappa shape index (κ1) is 44.9. The Morgan fingerprint density at radius 1 is 0.731 bits per heavy atom. The molecule has 3 atom stereocenters. The number of rotatable bonds is 14. The van der Waals surface area contributed by atoms with Crippen molar-refractivity contribution in [2.75, 3.05) is 39.6 Å². The molecule has 170 valence electrons. The summed E-state index contributed by atoms with van der Waals surface area (Å²) < 4.78 is 16.2. The lowest BCUT2D eigenvalue weighted by molar-refractivity contribution is -0.0495. The van der Waals surface area contributed by atoms with Gasteiger partial charge in [-0.3, -0.25) is 0 Å². The highest BCUT2D eigenvalue weighted by atomic mass is 16.5. The molecular weight excluding hydrogens is 336 g/mol. The molecule has 0 spiro atoms. The fraction of sp³-hybridized carbons (Fsp3) is 1.00. The quantitative estimate of drug-likeness (QED) is 0.386.